The molecule has 0 aliphatic rings. The summed E-state index contributed by atoms with van der Waals surface area (Å²) in [5.41, 5.74) is 0.750. The molecule has 0 bridgehead atoms. The molecule has 0 radical (unpaired) electrons. The predicted octanol–water partition coefficient (Wildman–Crippen LogP) is 1.91. The lowest BCUT2D eigenvalue weighted by Crippen LogP contribution is -2.37. The van der Waals surface area contributed by atoms with Gasteiger partial charge in [0.05, 0.1) is 0 Å². The normalized spacial score (nSPS) is 9.94. The molecule has 2 aromatic carbocycles. The van der Waals surface area contributed by atoms with Crippen LogP contribution in [0, 0.1) is 0 Å². The van der Waals surface area contributed by atoms with E-state index in [1.54, 1.807) is 42.5 Å². The van der Waals surface area contributed by atoms with Crippen molar-refractivity contribution in [3.05, 3.63) is 60.2 Å². The number of anilines is 1. The molecule has 0 fully saturated rings. The highest BCUT2D eigenvalue weighted by atomic mass is 16.3. The van der Waals surface area contributed by atoms with Crippen LogP contribution in [0.25, 0.3) is 0 Å². The minimum Gasteiger partial charge on any atom is -0.506 e. The zero-order chi connectivity index (χ0) is 12.3. The zero-order valence-electron chi connectivity index (χ0n) is 9.08. The van der Waals surface area contributed by atoms with E-state index in [4.69, 9.17) is 5.84 Å². The van der Waals surface area contributed by atoms with Gasteiger partial charge in [-0.05, 0) is 24.3 Å². The molecule has 1 amide bonds. The Hall–Kier alpha value is -2.33. The highest BCUT2D eigenvalue weighted by Gasteiger charge is 2.16. The standard InChI is InChI=1S/C13H12N2O2/c14-15(11-8-4-5-9-12(11)16)13(17)10-6-2-1-3-7-10/h1-9,16H,14H2. The van der Waals surface area contributed by atoms with Crippen molar-refractivity contribution >= 4 is 11.6 Å². The average molecular weight is 228 g/mol. The van der Waals surface area contributed by atoms with Gasteiger partial charge in [0, 0.05) is 5.56 Å². The number of phenols is 1. The maximum Gasteiger partial charge on any atom is 0.272 e. The molecular formula is C13H12N2O2. The van der Waals surface area contributed by atoms with Gasteiger partial charge in [-0.15, -0.1) is 0 Å². The molecule has 0 atom stereocenters. The molecular weight excluding hydrogens is 216 g/mol. The van der Waals surface area contributed by atoms with Gasteiger partial charge in [-0.2, -0.15) is 0 Å². The molecule has 17 heavy (non-hydrogen) atoms. The van der Waals surface area contributed by atoms with Crippen molar-refractivity contribution in [2.75, 3.05) is 5.01 Å². The van der Waals surface area contributed by atoms with E-state index < -0.39 is 0 Å². The summed E-state index contributed by atoms with van der Waals surface area (Å²) in [6.45, 7) is 0. The smallest absolute Gasteiger partial charge is 0.272 e. The van der Waals surface area contributed by atoms with Crippen LogP contribution < -0.4 is 10.9 Å². The van der Waals surface area contributed by atoms with Crippen LogP contribution in [0.1, 0.15) is 10.4 Å². The molecule has 0 spiro atoms. The van der Waals surface area contributed by atoms with E-state index in [-0.39, 0.29) is 17.3 Å². The number of para-hydroxylation sites is 2. The predicted molar refractivity (Wildman–Crippen MR) is 65.5 cm³/mol. The first-order chi connectivity index (χ1) is 8.20. The van der Waals surface area contributed by atoms with Gasteiger partial charge in [0.1, 0.15) is 11.4 Å². The molecule has 0 heterocycles. The molecule has 2 rings (SSSR count). The summed E-state index contributed by atoms with van der Waals surface area (Å²) >= 11 is 0. The summed E-state index contributed by atoms with van der Waals surface area (Å²) in [4.78, 5) is 12.0. The molecule has 3 N–H and O–H groups in total. The van der Waals surface area contributed by atoms with Crippen molar-refractivity contribution in [2.45, 2.75) is 0 Å². The SMILES string of the molecule is NN(C(=O)c1ccccc1)c1ccccc1O. The Morgan fingerprint density at radius 2 is 1.59 bits per heavy atom. The number of phenolic OH excluding ortho intramolecular Hbond substituents is 1. The number of carbonyl (C=O) groups is 1. The number of nitrogens with two attached hydrogens (primary N) is 1. The number of hydrogen-bond acceptors (Lipinski definition) is 3. The van der Waals surface area contributed by atoms with Crippen LogP contribution in [0.15, 0.2) is 54.6 Å². The van der Waals surface area contributed by atoms with Gasteiger partial charge in [-0.3, -0.25) is 4.79 Å². The number of carbonyl (C=O) groups excluding carboxylic acids is 1. The minimum atomic E-state index is -0.368. The van der Waals surface area contributed by atoms with Crippen molar-refractivity contribution in [1.82, 2.24) is 0 Å². The van der Waals surface area contributed by atoms with Gasteiger partial charge < -0.3 is 5.11 Å². The number of nitrogens with zero attached hydrogens (tertiary/aromatic N) is 1. The van der Waals surface area contributed by atoms with Crippen LogP contribution in [0.5, 0.6) is 5.75 Å². The quantitative estimate of drug-likeness (QED) is 0.468. The van der Waals surface area contributed by atoms with Crippen molar-refractivity contribution in [2.24, 2.45) is 5.84 Å². The highest BCUT2D eigenvalue weighted by Crippen LogP contribution is 2.25. The molecule has 2 aromatic rings. The van der Waals surface area contributed by atoms with Crippen molar-refractivity contribution in [3.8, 4) is 5.75 Å². The lowest BCUT2D eigenvalue weighted by Gasteiger charge is -2.17. The molecule has 4 heteroatoms. The zero-order valence-corrected chi connectivity index (χ0v) is 9.08. The van der Waals surface area contributed by atoms with E-state index in [0.29, 0.717) is 5.56 Å². The Balaban J connectivity index is 2.30. The van der Waals surface area contributed by atoms with Crippen molar-refractivity contribution < 1.29 is 9.90 Å². The maximum absolute atomic E-state index is 12.0. The summed E-state index contributed by atoms with van der Waals surface area (Å²) in [7, 11) is 0. The minimum absolute atomic E-state index is 0.0284. The van der Waals surface area contributed by atoms with Crippen LogP contribution in [-0.2, 0) is 0 Å². The van der Waals surface area contributed by atoms with E-state index in [1.165, 1.54) is 6.07 Å². The van der Waals surface area contributed by atoms with Crippen LogP contribution >= 0.6 is 0 Å². The summed E-state index contributed by atoms with van der Waals surface area (Å²) < 4.78 is 0. The second kappa shape index (κ2) is 4.67. The van der Waals surface area contributed by atoms with E-state index in [1.807, 2.05) is 6.07 Å². The van der Waals surface area contributed by atoms with Gasteiger partial charge in [0.15, 0.2) is 0 Å². The second-order valence-corrected chi connectivity index (χ2v) is 3.53. The fraction of sp³-hybridized carbons (Fsp3) is 0. The van der Waals surface area contributed by atoms with Crippen LogP contribution in [0.3, 0.4) is 0 Å². The van der Waals surface area contributed by atoms with E-state index in [9.17, 15) is 9.90 Å². The Kier molecular flexibility index (Phi) is 3.07. The third-order valence-electron chi connectivity index (χ3n) is 2.38. The number of aromatic hydroxyl groups is 1. The molecule has 0 saturated heterocycles. The third-order valence-corrected chi connectivity index (χ3v) is 2.38. The molecule has 86 valence electrons. The average Bonchev–Trinajstić information content (AvgIpc) is 2.39. The molecule has 0 aliphatic heterocycles. The summed E-state index contributed by atoms with van der Waals surface area (Å²) in [6, 6.07) is 15.1. The number of amides is 1. The maximum atomic E-state index is 12.0. The molecule has 0 aromatic heterocycles. The topological polar surface area (TPSA) is 66.6 Å². The number of hydrogen-bond donors (Lipinski definition) is 2. The monoisotopic (exact) mass is 228 g/mol. The largest absolute Gasteiger partial charge is 0.506 e. The van der Waals surface area contributed by atoms with Crippen LogP contribution in [0.2, 0.25) is 0 Å². The lowest BCUT2D eigenvalue weighted by molar-refractivity contribution is 0.0986. The fourth-order valence-corrected chi connectivity index (χ4v) is 1.50. The van der Waals surface area contributed by atoms with Crippen molar-refractivity contribution in [3.63, 3.8) is 0 Å². The molecule has 0 unspecified atom stereocenters. The second-order valence-electron chi connectivity index (χ2n) is 3.53. The lowest BCUT2D eigenvalue weighted by atomic mass is 10.2. The first-order valence-electron chi connectivity index (χ1n) is 5.12. The van der Waals surface area contributed by atoms with Gasteiger partial charge in [0.25, 0.3) is 5.91 Å². The highest BCUT2D eigenvalue weighted by molar-refractivity contribution is 6.05. The summed E-state index contributed by atoms with van der Waals surface area (Å²) in [5, 5.41) is 10.5. The van der Waals surface area contributed by atoms with Gasteiger partial charge in [-0.25, -0.2) is 10.9 Å². The Morgan fingerprint density at radius 3 is 2.24 bits per heavy atom. The Bertz CT molecular complexity index is 526. The Morgan fingerprint density at radius 1 is 1.00 bits per heavy atom. The van der Waals surface area contributed by atoms with E-state index >= 15 is 0 Å². The van der Waals surface area contributed by atoms with Crippen molar-refractivity contribution in [1.29, 1.82) is 0 Å². The third kappa shape index (κ3) is 2.26. The number of hydrazine groups is 1. The van der Waals surface area contributed by atoms with Crippen LogP contribution in [-0.4, -0.2) is 11.0 Å². The van der Waals surface area contributed by atoms with Gasteiger partial charge >= 0.3 is 0 Å². The van der Waals surface area contributed by atoms with Crippen LogP contribution in [0.4, 0.5) is 5.69 Å². The fourth-order valence-electron chi connectivity index (χ4n) is 1.50. The molecule has 0 aliphatic carbocycles. The van der Waals surface area contributed by atoms with Gasteiger partial charge in [-0.1, -0.05) is 30.3 Å². The van der Waals surface area contributed by atoms with E-state index in [0.717, 1.165) is 5.01 Å². The van der Waals surface area contributed by atoms with E-state index in [2.05, 4.69) is 0 Å². The molecule has 0 saturated carbocycles. The Labute approximate surface area is 98.9 Å². The summed E-state index contributed by atoms with van der Waals surface area (Å²) in [6.07, 6.45) is 0. The summed E-state index contributed by atoms with van der Waals surface area (Å²) in [5.74, 6) is 5.30. The number of rotatable bonds is 2. The molecule has 4 nitrogen and oxygen atoms in total. The first kappa shape index (κ1) is 11.2. The first-order valence-corrected chi connectivity index (χ1v) is 5.12. The number of benzene rings is 2. The van der Waals surface area contributed by atoms with Gasteiger partial charge in [0.2, 0.25) is 0 Å².